The molecule has 0 saturated heterocycles. The molecule has 94 valence electrons. The van der Waals surface area contributed by atoms with Crippen molar-refractivity contribution in [2.45, 2.75) is 13.0 Å². The molecule has 0 heterocycles. The van der Waals surface area contributed by atoms with Crippen LogP contribution < -0.4 is 10.5 Å². The Bertz CT molecular complexity index is 557. The van der Waals surface area contributed by atoms with Gasteiger partial charge in [0.1, 0.15) is 17.3 Å². The molecule has 0 saturated carbocycles. The fourth-order valence-electron chi connectivity index (χ4n) is 1.63. The summed E-state index contributed by atoms with van der Waals surface area (Å²) in [6.07, 6.45) is 0. The molecule has 0 aliphatic heterocycles. The predicted octanol–water partition coefficient (Wildman–Crippen LogP) is 4.29. The topological polar surface area (TPSA) is 35.2 Å². The second-order valence-corrected chi connectivity index (χ2v) is 4.47. The first kappa shape index (κ1) is 12.9. The number of hydrogen-bond donors (Lipinski definition) is 1. The molecular formula is C14H13ClFNO. The molecule has 2 N–H and O–H groups in total. The lowest BCUT2D eigenvalue weighted by Crippen LogP contribution is -2.07. The van der Waals surface area contributed by atoms with Crippen molar-refractivity contribution < 1.29 is 9.13 Å². The molecule has 0 aromatic heterocycles. The summed E-state index contributed by atoms with van der Waals surface area (Å²) in [4.78, 5) is 0. The van der Waals surface area contributed by atoms with E-state index in [1.54, 1.807) is 37.3 Å². The number of halogens is 2. The zero-order valence-electron chi connectivity index (χ0n) is 9.86. The van der Waals surface area contributed by atoms with E-state index in [0.29, 0.717) is 22.1 Å². The van der Waals surface area contributed by atoms with Crippen LogP contribution in [-0.4, -0.2) is 0 Å². The molecular weight excluding hydrogens is 253 g/mol. The van der Waals surface area contributed by atoms with E-state index in [2.05, 4.69) is 0 Å². The number of nitrogens with two attached hydrogens (primary N) is 1. The predicted molar refractivity (Wildman–Crippen MR) is 70.5 cm³/mol. The van der Waals surface area contributed by atoms with Crippen LogP contribution in [0.15, 0.2) is 42.5 Å². The minimum atomic E-state index is -0.333. The first-order valence-electron chi connectivity index (χ1n) is 5.54. The number of benzene rings is 2. The first-order valence-corrected chi connectivity index (χ1v) is 5.92. The summed E-state index contributed by atoms with van der Waals surface area (Å²) in [6, 6.07) is 11.0. The van der Waals surface area contributed by atoms with Crippen LogP contribution in [-0.2, 0) is 0 Å². The maximum Gasteiger partial charge on any atom is 0.132 e. The van der Waals surface area contributed by atoms with Gasteiger partial charge in [-0.1, -0.05) is 17.7 Å². The third kappa shape index (κ3) is 3.00. The fraction of sp³-hybridized carbons (Fsp3) is 0.143. The van der Waals surface area contributed by atoms with Crippen LogP contribution in [0.4, 0.5) is 4.39 Å². The van der Waals surface area contributed by atoms with Gasteiger partial charge in [-0.3, -0.25) is 0 Å². The Hall–Kier alpha value is -1.58. The zero-order valence-corrected chi connectivity index (χ0v) is 10.6. The van der Waals surface area contributed by atoms with Crippen molar-refractivity contribution in [2.75, 3.05) is 0 Å². The molecule has 2 nitrogen and oxygen atoms in total. The van der Waals surface area contributed by atoms with Crippen molar-refractivity contribution >= 4 is 11.6 Å². The van der Waals surface area contributed by atoms with Gasteiger partial charge in [0, 0.05) is 16.6 Å². The SMILES string of the molecule is CC(N)c1cc(F)ccc1Oc1cccc(Cl)c1. The third-order valence-corrected chi connectivity index (χ3v) is 2.72. The van der Waals surface area contributed by atoms with E-state index in [1.165, 1.54) is 12.1 Å². The number of ether oxygens (including phenoxy) is 1. The standard InChI is InChI=1S/C14H13ClFNO/c1-9(17)13-8-11(16)5-6-14(13)18-12-4-2-3-10(15)7-12/h2-9H,17H2,1H3. The maximum atomic E-state index is 13.2. The summed E-state index contributed by atoms with van der Waals surface area (Å²) in [6.45, 7) is 1.78. The van der Waals surface area contributed by atoms with E-state index in [-0.39, 0.29) is 11.9 Å². The molecule has 0 aliphatic carbocycles. The summed E-state index contributed by atoms with van der Waals surface area (Å²) in [5.74, 6) is 0.797. The van der Waals surface area contributed by atoms with E-state index < -0.39 is 0 Å². The summed E-state index contributed by atoms with van der Waals surface area (Å²) in [5, 5.41) is 0.581. The van der Waals surface area contributed by atoms with Crippen LogP contribution in [0.1, 0.15) is 18.5 Å². The Morgan fingerprint density at radius 3 is 2.67 bits per heavy atom. The molecule has 0 spiro atoms. The normalized spacial score (nSPS) is 12.2. The molecule has 2 rings (SSSR count). The van der Waals surface area contributed by atoms with Crippen LogP contribution in [0.2, 0.25) is 5.02 Å². The van der Waals surface area contributed by atoms with Crippen LogP contribution >= 0.6 is 11.6 Å². The van der Waals surface area contributed by atoms with Gasteiger partial charge in [0.15, 0.2) is 0 Å². The molecule has 1 atom stereocenters. The Morgan fingerprint density at radius 2 is 2.00 bits per heavy atom. The van der Waals surface area contributed by atoms with Gasteiger partial charge in [0.05, 0.1) is 0 Å². The Labute approximate surface area is 110 Å². The Balaban J connectivity index is 2.34. The van der Waals surface area contributed by atoms with Gasteiger partial charge in [0.2, 0.25) is 0 Å². The van der Waals surface area contributed by atoms with Crippen molar-refractivity contribution in [3.8, 4) is 11.5 Å². The van der Waals surface area contributed by atoms with Crippen molar-refractivity contribution in [1.29, 1.82) is 0 Å². The highest BCUT2D eigenvalue weighted by Gasteiger charge is 2.10. The summed E-state index contributed by atoms with van der Waals surface area (Å²) in [5.41, 5.74) is 6.41. The lowest BCUT2D eigenvalue weighted by Gasteiger charge is -2.14. The smallest absolute Gasteiger partial charge is 0.132 e. The molecule has 4 heteroatoms. The van der Waals surface area contributed by atoms with Crippen LogP contribution in [0.25, 0.3) is 0 Å². The van der Waals surface area contributed by atoms with Gasteiger partial charge in [-0.2, -0.15) is 0 Å². The molecule has 1 unspecified atom stereocenters. The quantitative estimate of drug-likeness (QED) is 0.898. The van der Waals surface area contributed by atoms with Gasteiger partial charge in [-0.15, -0.1) is 0 Å². The first-order chi connectivity index (χ1) is 8.56. The third-order valence-electron chi connectivity index (χ3n) is 2.49. The lowest BCUT2D eigenvalue weighted by atomic mass is 10.1. The van der Waals surface area contributed by atoms with Crippen LogP contribution in [0.3, 0.4) is 0 Å². The van der Waals surface area contributed by atoms with Gasteiger partial charge >= 0.3 is 0 Å². The number of rotatable bonds is 3. The number of hydrogen-bond acceptors (Lipinski definition) is 2. The molecule has 0 bridgehead atoms. The lowest BCUT2D eigenvalue weighted by molar-refractivity contribution is 0.469. The van der Waals surface area contributed by atoms with Gasteiger partial charge in [-0.25, -0.2) is 4.39 Å². The van der Waals surface area contributed by atoms with E-state index in [4.69, 9.17) is 22.1 Å². The maximum absolute atomic E-state index is 13.2. The highest BCUT2D eigenvalue weighted by molar-refractivity contribution is 6.30. The molecule has 0 fully saturated rings. The van der Waals surface area contributed by atoms with Crippen molar-refractivity contribution in [3.63, 3.8) is 0 Å². The average molecular weight is 266 g/mol. The average Bonchev–Trinajstić information content (AvgIpc) is 2.31. The van der Waals surface area contributed by atoms with Crippen molar-refractivity contribution in [1.82, 2.24) is 0 Å². The summed E-state index contributed by atoms with van der Waals surface area (Å²) in [7, 11) is 0. The van der Waals surface area contributed by atoms with E-state index in [9.17, 15) is 4.39 Å². The minimum absolute atomic E-state index is 0.310. The minimum Gasteiger partial charge on any atom is -0.457 e. The monoisotopic (exact) mass is 265 g/mol. The van der Waals surface area contributed by atoms with Crippen LogP contribution in [0.5, 0.6) is 11.5 Å². The molecule has 18 heavy (non-hydrogen) atoms. The summed E-state index contributed by atoms with van der Waals surface area (Å²) >= 11 is 5.87. The second-order valence-electron chi connectivity index (χ2n) is 4.03. The highest BCUT2D eigenvalue weighted by atomic mass is 35.5. The zero-order chi connectivity index (χ0) is 13.1. The summed E-state index contributed by atoms with van der Waals surface area (Å²) < 4.78 is 18.9. The van der Waals surface area contributed by atoms with Crippen molar-refractivity contribution in [3.05, 3.63) is 58.9 Å². The van der Waals surface area contributed by atoms with Gasteiger partial charge in [-0.05, 0) is 43.3 Å². The van der Waals surface area contributed by atoms with E-state index in [0.717, 1.165) is 0 Å². The second kappa shape index (κ2) is 5.38. The van der Waals surface area contributed by atoms with Gasteiger partial charge < -0.3 is 10.5 Å². The fourth-order valence-corrected chi connectivity index (χ4v) is 1.81. The highest BCUT2D eigenvalue weighted by Crippen LogP contribution is 2.30. The molecule has 0 aliphatic rings. The van der Waals surface area contributed by atoms with E-state index in [1.807, 2.05) is 0 Å². The molecule has 0 radical (unpaired) electrons. The Morgan fingerprint density at radius 1 is 1.22 bits per heavy atom. The van der Waals surface area contributed by atoms with Gasteiger partial charge in [0.25, 0.3) is 0 Å². The Kier molecular flexibility index (Phi) is 3.84. The molecule has 2 aromatic carbocycles. The largest absolute Gasteiger partial charge is 0.457 e. The van der Waals surface area contributed by atoms with Crippen molar-refractivity contribution in [2.24, 2.45) is 5.73 Å². The molecule has 0 amide bonds. The van der Waals surface area contributed by atoms with E-state index >= 15 is 0 Å². The van der Waals surface area contributed by atoms with Crippen LogP contribution in [0, 0.1) is 5.82 Å². The molecule has 2 aromatic rings.